The number of para-hydroxylation sites is 1. The van der Waals surface area contributed by atoms with Gasteiger partial charge in [-0.25, -0.2) is 0 Å². The number of alkyl halides is 3. The molecule has 1 saturated carbocycles. The Hall–Kier alpha value is -1.17. The van der Waals surface area contributed by atoms with Gasteiger partial charge in [0.15, 0.2) is 0 Å². The quantitative estimate of drug-likeness (QED) is 0.826. The second kappa shape index (κ2) is 7.02. The summed E-state index contributed by atoms with van der Waals surface area (Å²) in [7, 11) is 0. The average Bonchev–Trinajstić information content (AvgIpc) is 2.85. The van der Waals surface area contributed by atoms with Gasteiger partial charge in [-0.2, -0.15) is 8.78 Å². The monoisotopic (exact) mass is 347 g/mol. The summed E-state index contributed by atoms with van der Waals surface area (Å²) in [5.41, 5.74) is 0.146. The Labute approximate surface area is 124 Å². The summed E-state index contributed by atoms with van der Waals surface area (Å²) in [6, 6.07) is 6.14. The normalized spacial score (nSPS) is 22.0. The Kier molecular flexibility index (Phi) is 5.34. The zero-order valence-electron chi connectivity index (χ0n) is 10.8. The van der Waals surface area contributed by atoms with Crippen LogP contribution in [0.5, 0.6) is 5.75 Å². The third-order valence-corrected chi connectivity index (χ3v) is 4.35. The number of carbonyl (C=O) groups is 1. The van der Waals surface area contributed by atoms with Crippen LogP contribution in [0.3, 0.4) is 0 Å². The fourth-order valence-corrected chi connectivity index (χ4v) is 3.29. The zero-order chi connectivity index (χ0) is 14.5. The third kappa shape index (κ3) is 3.69. The molecule has 0 spiro atoms. The SMILES string of the molecule is O=C(NC1CCCC1CBr)c1ccccc1OC(F)F. The summed E-state index contributed by atoms with van der Waals surface area (Å²) >= 11 is 3.43. The fourth-order valence-electron chi connectivity index (χ4n) is 2.51. The molecular formula is C14H16BrF2NO2. The number of hydrogen-bond donors (Lipinski definition) is 1. The lowest BCUT2D eigenvalue weighted by Gasteiger charge is -2.19. The summed E-state index contributed by atoms with van der Waals surface area (Å²) in [5, 5.41) is 3.74. The van der Waals surface area contributed by atoms with Crippen LogP contribution in [0.25, 0.3) is 0 Å². The molecule has 0 aliphatic heterocycles. The standard InChI is InChI=1S/C14H16BrF2NO2/c15-8-9-4-3-6-11(9)18-13(19)10-5-1-2-7-12(10)20-14(16)17/h1-2,5,7,9,11,14H,3-4,6,8H2,(H,18,19). The van der Waals surface area contributed by atoms with E-state index in [1.807, 2.05) is 0 Å². The molecule has 1 aliphatic rings. The highest BCUT2D eigenvalue weighted by Gasteiger charge is 2.28. The second-order valence-corrected chi connectivity index (χ2v) is 5.45. The van der Waals surface area contributed by atoms with Crippen LogP contribution in [0, 0.1) is 5.92 Å². The summed E-state index contributed by atoms with van der Waals surface area (Å²) in [5.74, 6) is -0.0605. The summed E-state index contributed by atoms with van der Waals surface area (Å²) < 4.78 is 29.0. The van der Waals surface area contributed by atoms with Crippen molar-refractivity contribution in [2.45, 2.75) is 31.9 Å². The van der Waals surface area contributed by atoms with Gasteiger partial charge in [0, 0.05) is 11.4 Å². The van der Waals surface area contributed by atoms with E-state index in [1.54, 1.807) is 12.1 Å². The van der Waals surface area contributed by atoms with Gasteiger partial charge in [-0.1, -0.05) is 34.5 Å². The van der Waals surface area contributed by atoms with E-state index in [0.29, 0.717) is 5.92 Å². The molecule has 0 heterocycles. The molecule has 1 N–H and O–H groups in total. The Bertz CT molecular complexity index is 470. The molecule has 110 valence electrons. The number of hydrogen-bond acceptors (Lipinski definition) is 2. The smallest absolute Gasteiger partial charge is 0.387 e. The molecule has 1 amide bonds. The van der Waals surface area contributed by atoms with Crippen molar-refractivity contribution in [2.75, 3.05) is 5.33 Å². The van der Waals surface area contributed by atoms with Crippen LogP contribution in [0.4, 0.5) is 8.78 Å². The van der Waals surface area contributed by atoms with Crippen LogP contribution < -0.4 is 10.1 Å². The molecule has 0 radical (unpaired) electrons. The summed E-state index contributed by atoms with van der Waals surface area (Å²) in [6.45, 7) is -2.94. The van der Waals surface area contributed by atoms with Crippen molar-refractivity contribution >= 4 is 21.8 Å². The molecule has 6 heteroatoms. The highest BCUT2D eigenvalue weighted by molar-refractivity contribution is 9.09. The minimum absolute atomic E-state index is 0.0847. The van der Waals surface area contributed by atoms with Crippen LogP contribution in [-0.2, 0) is 0 Å². The van der Waals surface area contributed by atoms with Crippen LogP contribution in [0.1, 0.15) is 29.6 Å². The highest BCUT2D eigenvalue weighted by Crippen LogP contribution is 2.28. The van der Waals surface area contributed by atoms with Gasteiger partial charge in [0.1, 0.15) is 5.75 Å². The van der Waals surface area contributed by atoms with Crippen molar-refractivity contribution in [3.63, 3.8) is 0 Å². The van der Waals surface area contributed by atoms with Gasteiger partial charge >= 0.3 is 6.61 Å². The first-order valence-electron chi connectivity index (χ1n) is 6.52. The van der Waals surface area contributed by atoms with E-state index in [2.05, 4.69) is 26.0 Å². The van der Waals surface area contributed by atoms with E-state index < -0.39 is 6.61 Å². The van der Waals surface area contributed by atoms with Gasteiger partial charge in [-0.3, -0.25) is 4.79 Å². The molecule has 2 rings (SSSR count). The molecule has 1 aliphatic carbocycles. The van der Waals surface area contributed by atoms with Gasteiger partial charge in [0.05, 0.1) is 5.56 Å². The Morgan fingerprint density at radius 2 is 2.15 bits per heavy atom. The number of nitrogens with one attached hydrogen (secondary N) is 1. The van der Waals surface area contributed by atoms with Gasteiger partial charge in [0.2, 0.25) is 0 Å². The third-order valence-electron chi connectivity index (χ3n) is 3.52. The first kappa shape index (κ1) is 15.2. The lowest BCUT2D eigenvalue weighted by molar-refractivity contribution is -0.0501. The molecular weight excluding hydrogens is 332 g/mol. The predicted octanol–water partition coefficient (Wildman–Crippen LogP) is 3.58. The largest absolute Gasteiger partial charge is 0.434 e. The molecule has 1 fully saturated rings. The van der Waals surface area contributed by atoms with Gasteiger partial charge in [-0.05, 0) is 30.9 Å². The lowest BCUT2D eigenvalue weighted by atomic mass is 10.1. The van der Waals surface area contributed by atoms with Gasteiger partial charge in [0.25, 0.3) is 5.91 Å². The number of rotatable bonds is 5. The molecule has 0 aromatic heterocycles. The van der Waals surface area contributed by atoms with Crippen molar-refractivity contribution in [3.8, 4) is 5.75 Å². The predicted molar refractivity (Wildman–Crippen MR) is 75.5 cm³/mol. The molecule has 2 unspecified atom stereocenters. The van der Waals surface area contributed by atoms with Crippen LogP contribution in [-0.4, -0.2) is 23.9 Å². The Balaban J connectivity index is 2.09. The molecule has 20 heavy (non-hydrogen) atoms. The Morgan fingerprint density at radius 3 is 2.85 bits per heavy atom. The number of halogens is 3. The van der Waals surface area contributed by atoms with E-state index in [1.165, 1.54) is 12.1 Å². The van der Waals surface area contributed by atoms with Gasteiger partial charge < -0.3 is 10.1 Å². The molecule has 1 aromatic carbocycles. The topological polar surface area (TPSA) is 38.3 Å². The molecule has 0 bridgehead atoms. The number of carbonyl (C=O) groups excluding carboxylic acids is 1. The van der Waals surface area contributed by atoms with Crippen LogP contribution in [0.15, 0.2) is 24.3 Å². The first-order valence-corrected chi connectivity index (χ1v) is 7.64. The lowest BCUT2D eigenvalue weighted by Crippen LogP contribution is -2.38. The fraction of sp³-hybridized carbons (Fsp3) is 0.500. The minimum atomic E-state index is -2.94. The zero-order valence-corrected chi connectivity index (χ0v) is 12.4. The van der Waals surface area contributed by atoms with Crippen molar-refractivity contribution in [1.29, 1.82) is 0 Å². The van der Waals surface area contributed by atoms with E-state index in [0.717, 1.165) is 24.6 Å². The maximum Gasteiger partial charge on any atom is 0.387 e. The van der Waals surface area contributed by atoms with Crippen LogP contribution >= 0.6 is 15.9 Å². The van der Waals surface area contributed by atoms with E-state index in [9.17, 15) is 13.6 Å². The van der Waals surface area contributed by atoms with Crippen LogP contribution in [0.2, 0.25) is 0 Å². The van der Waals surface area contributed by atoms with Crippen molar-refractivity contribution in [1.82, 2.24) is 5.32 Å². The molecule has 1 aromatic rings. The maximum absolute atomic E-state index is 12.3. The second-order valence-electron chi connectivity index (χ2n) is 4.80. The molecule has 3 nitrogen and oxygen atoms in total. The molecule has 0 saturated heterocycles. The van der Waals surface area contributed by atoms with Crippen molar-refractivity contribution in [3.05, 3.63) is 29.8 Å². The number of benzene rings is 1. The molecule has 2 atom stereocenters. The van der Waals surface area contributed by atoms with E-state index in [-0.39, 0.29) is 23.3 Å². The van der Waals surface area contributed by atoms with E-state index >= 15 is 0 Å². The maximum atomic E-state index is 12.3. The number of ether oxygens (including phenoxy) is 1. The average molecular weight is 348 g/mol. The van der Waals surface area contributed by atoms with Crippen molar-refractivity contribution < 1.29 is 18.3 Å². The van der Waals surface area contributed by atoms with Gasteiger partial charge in [-0.15, -0.1) is 0 Å². The first-order chi connectivity index (χ1) is 9.61. The van der Waals surface area contributed by atoms with E-state index in [4.69, 9.17) is 0 Å². The summed E-state index contributed by atoms with van der Waals surface area (Å²) in [4.78, 5) is 12.2. The van der Waals surface area contributed by atoms with Crippen molar-refractivity contribution in [2.24, 2.45) is 5.92 Å². The number of amides is 1. The minimum Gasteiger partial charge on any atom is -0.434 e. The summed E-state index contributed by atoms with van der Waals surface area (Å²) in [6.07, 6.45) is 3.04. The highest BCUT2D eigenvalue weighted by atomic mass is 79.9. The Morgan fingerprint density at radius 1 is 1.40 bits per heavy atom.